The van der Waals surface area contributed by atoms with Crippen LogP contribution >= 0.6 is 0 Å². The molecule has 9 rings (SSSR count). The van der Waals surface area contributed by atoms with Gasteiger partial charge in [0.2, 0.25) is 0 Å². The van der Waals surface area contributed by atoms with Crippen molar-refractivity contribution >= 4 is 22.0 Å². The normalized spacial score (nSPS) is 11.7. The summed E-state index contributed by atoms with van der Waals surface area (Å²) in [5.74, 6) is 1.46. The summed E-state index contributed by atoms with van der Waals surface area (Å²) >= 11 is 0. The molecule has 9 aromatic rings. The number of aromatic nitrogens is 3. The molecule has 0 saturated carbocycles. The second-order valence-corrected chi connectivity index (χ2v) is 18.7. The minimum atomic E-state index is 0. The first-order valence-electron chi connectivity index (χ1n) is 21.5. The fraction of sp³-hybridized carbons (Fsp3) is 0.228. The molecule has 0 aliphatic carbocycles. The zero-order valence-corrected chi connectivity index (χ0v) is 39.5. The van der Waals surface area contributed by atoms with Gasteiger partial charge < -0.3 is 14.0 Å². The van der Waals surface area contributed by atoms with E-state index in [9.17, 15) is 0 Å². The van der Waals surface area contributed by atoms with Gasteiger partial charge in [0.25, 0.3) is 0 Å². The van der Waals surface area contributed by atoms with Gasteiger partial charge in [-0.3, -0.25) is 4.98 Å². The van der Waals surface area contributed by atoms with Crippen LogP contribution < -0.4 is 0 Å². The topological polar surface area (TPSA) is 43.9 Å². The van der Waals surface area contributed by atoms with Crippen molar-refractivity contribution in [1.29, 1.82) is 0 Å². The maximum atomic E-state index is 6.10. The molecule has 3 aromatic heterocycles. The number of imidazole rings is 1. The summed E-state index contributed by atoms with van der Waals surface area (Å²) in [4.78, 5) is 9.86. The molecule has 0 N–H and O–H groups in total. The fourth-order valence-corrected chi connectivity index (χ4v) is 8.29. The third-order valence-electron chi connectivity index (χ3n) is 10.9. The molecular formula is C57H55IrN3O-2. The van der Waals surface area contributed by atoms with Crippen LogP contribution in [0.25, 0.3) is 72.6 Å². The van der Waals surface area contributed by atoms with Crippen molar-refractivity contribution in [2.24, 2.45) is 11.3 Å². The number of hydrogen-bond acceptors (Lipinski definition) is 3. The largest absolute Gasteiger partial charge is 0.557 e. The molecule has 1 radical (unpaired) electrons. The SMILES string of the molecule is CC(C)(C)Cc1ccc2c(-c3nc4ccccc4n3-c3c(-c4ccccc4)cccc3-c3ccccc3)[c-]oc2c1.CC(C)Cc1cc(-c2[c-]cccc2)ncc1C(C)(C)C.[Ir]. The zero-order valence-electron chi connectivity index (χ0n) is 37.1. The van der Waals surface area contributed by atoms with Gasteiger partial charge in [-0.05, 0) is 69.7 Å². The van der Waals surface area contributed by atoms with Crippen LogP contribution in [0.1, 0.15) is 72.1 Å². The van der Waals surface area contributed by atoms with E-state index in [1.807, 2.05) is 30.5 Å². The summed E-state index contributed by atoms with van der Waals surface area (Å²) in [7, 11) is 0. The van der Waals surface area contributed by atoms with Crippen molar-refractivity contribution in [3.8, 4) is 50.6 Å². The van der Waals surface area contributed by atoms with E-state index >= 15 is 0 Å². The third kappa shape index (κ3) is 9.76. The number of hydrogen-bond donors (Lipinski definition) is 0. The molecule has 4 nitrogen and oxygen atoms in total. The van der Waals surface area contributed by atoms with Gasteiger partial charge in [0.05, 0.1) is 22.5 Å². The van der Waals surface area contributed by atoms with Crippen LogP contribution in [0.15, 0.2) is 162 Å². The zero-order chi connectivity index (χ0) is 42.7. The molecule has 0 aliphatic rings. The Kier molecular flexibility index (Phi) is 13.3. The monoisotopic (exact) mass is 990 g/mol. The number of furan rings is 1. The first-order chi connectivity index (χ1) is 29.3. The van der Waals surface area contributed by atoms with Crippen LogP contribution in [-0.4, -0.2) is 14.5 Å². The van der Waals surface area contributed by atoms with Gasteiger partial charge in [-0.2, -0.15) is 0 Å². The van der Waals surface area contributed by atoms with E-state index in [1.165, 1.54) is 16.7 Å². The summed E-state index contributed by atoms with van der Waals surface area (Å²) in [6, 6.07) is 56.1. The standard InChI is InChI=1S/C38H31N2O.C19H24N.Ir/c1-38(2,3)24-26-21-22-31-32(25-41-35(31)23-26)37-39-33-19-10-11-20-34(33)40(37)36-29(27-13-6-4-7-14-27)17-12-18-30(36)28-15-8-5-9-16-28;1-14(2)11-16-12-18(15-9-7-6-8-10-15)20-13-17(16)19(3,4)5;/h4-23H,24H2,1-3H3;6-9,12-14H,11H2,1-5H3;/q2*-1;. The number of benzene rings is 6. The summed E-state index contributed by atoms with van der Waals surface area (Å²) < 4.78 is 8.39. The first kappa shape index (κ1) is 44.2. The van der Waals surface area contributed by atoms with Crippen LogP contribution in [-0.2, 0) is 38.4 Å². The second-order valence-electron chi connectivity index (χ2n) is 18.7. The van der Waals surface area contributed by atoms with E-state index in [2.05, 4.69) is 205 Å². The molecule has 0 unspecified atom stereocenters. The van der Waals surface area contributed by atoms with Crippen molar-refractivity contribution in [2.45, 2.75) is 73.6 Å². The molecule has 5 heteroatoms. The second kappa shape index (κ2) is 18.6. The van der Waals surface area contributed by atoms with Crippen molar-refractivity contribution in [3.63, 3.8) is 0 Å². The Morgan fingerprint density at radius 3 is 1.95 bits per heavy atom. The average molecular weight is 990 g/mol. The van der Waals surface area contributed by atoms with E-state index in [4.69, 9.17) is 9.40 Å². The van der Waals surface area contributed by atoms with Gasteiger partial charge in [0.15, 0.2) is 0 Å². The summed E-state index contributed by atoms with van der Waals surface area (Å²) in [5.41, 5.74) is 15.8. The molecular weight excluding hydrogens is 935 g/mol. The molecule has 0 fully saturated rings. The number of pyridine rings is 1. The van der Waals surface area contributed by atoms with Crippen LogP contribution in [0.4, 0.5) is 0 Å². The van der Waals surface area contributed by atoms with Gasteiger partial charge in [0.1, 0.15) is 0 Å². The van der Waals surface area contributed by atoms with Crippen LogP contribution in [0.2, 0.25) is 0 Å². The van der Waals surface area contributed by atoms with Crippen molar-refractivity contribution in [1.82, 2.24) is 14.5 Å². The molecule has 3 heterocycles. The third-order valence-corrected chi connectivity index (χ3v) is 10.9. The fourth-order valence-electron chi connectivity index (χ4n) is 8.29. The van der Waals surface area contributed by atoms with Crippen molar-refractivity contribution in [2.75, 3.05) is 0 Å². The Morgan fingerprint density at radius 2 is 1.34 bits per heavy atom. The predicted octanol–water partition coefficient (Wildman–Crippen LogP) is 15.2. The molecule has 0 aliphatic heterocycles. The first-order valence-corrected chi connectivity index (χ1v) is 21.5. The van der Waals surface area contributed by atoms with E-state index < -0.39 is 0 Å². The van der Waals surface area contributed by atoms with Crippen molar-refractivity contribution < 1.29 is 24.5 Å². The number of rotatable bonds is 8. The Bertz CT molecular complexity index is 2840. The average Bonchev–Trinajstić information content (AvgIpc) is 3.84. The molecule has 315 valence electrons. The molecule has 62 heavy (non-hydrogen) atoms. The van der Waals surface area contributed by atoms with Crippen LogP contribution in [0.5, 0.6) is 0 Å². The number of para-hydroxylation sites is 3. The molecule has 0 saturated heterocycles. The summed E-state index contributed by atoms with van der Waals surface area (Å²) in [6.07, 6.45) is 7.37. The van der Waals surface area contributed by atoms with E-state index in [0.717, 1.165) is 85.4 Å². The molecule has 0 spiro atoms. The molecule has 0 bridgehead atoms. The van der Waals surface area contributed by atoms with Crippen molar-refractivity contribution in [3.05, 3.63) is 187 Å². The van der Waals surface area contributed by atoms with E-state index in [-0.39, 0.29) is 30.9 Å². The van der Waals surface area contributed by atoms with E-state index in [0.29, 0.717) is 5.92 Å². The molecule has 0 atom stereocenters. The maximum Gasteiger partial charge on any atom is 0.0774 e. The summed E-state index contributed by atoms with van der Waals surface area (Å²) in [5, 5.41) is 1.01. The Labute approximate surface area is 381 Å². The Morgan fingerprint density at radius 1 is 0.694 bits per heavy atom. The smallest absolute Gasteiger partial charge is 0.0774 e. The van der Waals surface area contributed by atoms with Gasteiger partial charge in [-0.25, -0.2) is 0 Å². The van der Waals surface area contributed by atoms with Gasteiger partial charge >= 0.3 is 0 Å². The molecule has 0 amide bonds. The quantitative estimate of drug-likeness (QED) is 0.143. The number of fused-ring (bicyclic) bond motifs is 2. The molecule has 6 aromatic carbocycles. The van der Waals surface area contributed by atoms with Gasteiger partial charge in [-0.1, -0.05) is 181 Å². The summed E-state index contributed by atoms with van der Waals surface area (Å²) in [6.45, 7) is 18.1. The van der Waals surface area contributed by atoms with Crippen LogP contribution in [0, 0.1) is 23.7 Å². The minimum Gasteiger partial charge on any atom is -0.557 e. The van der Waals surface area contributed by atoms with E-state index in [1.54, 1.807) is 0 Å². The number of nitrogens with zero attached hydrogens (tertiary/aromatic N) is 3. The Hall–Kier alpha value is -5.87. The van der Waals surface area contributed by atoms with Gasteiger partial charge in [-0.15, -0.1) is 42.0 Å². The Balaban J connectivity index is 0.000000233. The van der Waals surface area contributed by atoms with Crippen LogP contribution in [0.3, 0.4) is 0 Å². The maximum absolute atomic E-state index is 6.10. The van der Waals surface area contributed by atoms with Gasteiger partial charge in [0, 0.05) is 49.3 Å². The minimum absolute atomic E-state index is 0. The predicted molar refractivity (Wildman–Crippen MR) is 255 cm³/mol.